The van der Waals surface area contributed by atoms with Gasteiger partial charge < -0.3 is 9.73 Å². The molecule has 0 radical (unpaired) electrons. The molecule has 0 atom stereocenters. The Hall–Kier alpha value is -2.97. The molecule has 8 heteroatoms. The summed E-state index contributed by atoms with van der Waals surface area (Å²) in [5, 5.41) is 8.11. The summed E-state index contributed by atoms with van der Waals surface area (Å²) >= 11 is 0. The SMILES string of the molecule is Cc1cc2oc(C(=O)NCc3ccc(S(N)(=O)=O)cc3)cc(=O)c2cc1C. The average molecular weight is 386 g/mol. The number of fused-ring (bicyclic) bond motifs is 1. The van der Waals surface area contributed by atoms with Gasteiger partial charge in [0.05, 0.1) is 10.3 Å². The van der Waals surface area contributed by atoms with Crippen LogP contribution in [-0.4, -0.2) is 14.3 Å². The maximum Gasteiger partial charge on any atom is 0.287 e. The lowest BCUT2D eigenvalue weighted by Gasteiger charge is -2.07. The number of primary sulfonamides is 1. The molecule has 140 valence electrons. The van der Waals surface area contributed by atoms with E-state index in [2.05, 4.69) is 5.32 Å². The number of aryl methyl sites for hydroxylation is 2. The highest BCUT2D eigenvalue weighted by atomic mass is 32.2. The standard InChI is InChI=1S/C19H18N2O5S/c1-11-7-15-16(22)9-18(26-17(15)8-12(11)2)19(23)21-10-13-3-5-14(6-4-13)27(20,24)25/h3-9H,10H2,1-2H3,(H,21,23)(H2,20,24,25). The van der Waals surface area contributed by atoms with Crippen LogP contribution in [0.4, 0.5) is 0 Å². The first-order chi connectivity index (χ1) is 12.6. The van der Waals surface area contributed by atoms with Crippen molar-refractivity contribution in [1.29, 1.82) is 0 Å². The lowest BCUT2D eigenvalue weighted by molar-refractivity contribution is 0.0923. The fourth-order valence-corrected chi connectivity index (χ4v) is 3.11. The van der Waals surface area contributed by atoms with E-state index >= 15 is 0 Å². The summed E-state index contributed by atoms with van der Waals surface area (Å²) in [5.74, 6) is -0.625. The van der Waals surface area contributed by atoms with Crippen molar-refractivity contribution < 1.29 is 17.6 Å². The molecule has 7 nitrogen and oxygen atoms in total. The van der Waals surface area contributed by atoms with Crippen molar-refractivity contribution in [1.82, 2.24) is 5.32 Å². The summed E-state index contributed by atoms with van der Waals surface area (Å²) in [4.78, 5) is 24.6. The number of hydrogen-bond donors (Lipinski definition) is 2. The zero-order valence-corrected chi connectivity index (χ0v) is 15.6. The van der Waals surface area contributed by atoms with Gasteiger partial charge in [-0.3, -0.25) is 9.59 Å². The van der Waals surface area contributed by atoms with Crippen molar-refractivity contribution in [2.75, 3.05) is 0 Å². The first-order valence-corrected chi connectivity index (χ1v) is 9.65. The highest BCUT2D eigenvalue weighted by molar-refractivity contribution is 7.89. The van der Waals surface area contributed by atoms with Crippen LogP contribution in [0.2, 0.25) is 0 Å². The lowest BCUT2D eigenvalue weighted by atomic mass is 10.1. The maximum atomic E-state index is 12.3. The summed E-state index contributed by atoms with van der Waals surface area (Å²) in [5.41, 5.74) is 2.66. The molecule has 0 aliphatic rings. The fourth-order valence-electron chi connectivity index (χ4n) is 2.59. The third-order valence-corrected chi connectivity index (χ3v) is 5.20. The Morgan fingerprint density at radius 3 is 2.33 bits per heavy atom. The Labute approximate surface area is 155 Å². The molecular weight excluding hydrogens is 368 g/mol. The molecule has 0 saturated carbocycles. The monoisotopic (exact) mass is 386 g/mol. The molecule has 3 N–H and O–H groups in total. The predicted molar refractivity (Wildman–Crippen MR) is 101 cm³/mol. The number of amides is 1. The van der Waals surface area contributed by atoms with Crippen LogP contribution in [0, 0.1) is 13.8 Å². The van der Waals surface area contributed by atoms with E-state index in [4.69, 9.17) is 9.56 Å². The molecule has 0 unspecified atom stereocenters. The van der Waals surface area contributed by atoms with Gasteiger partial charge in [0.25, 0.3) is 5.91 Å². The highest BCUT2D eigenvalue weighted by Gasteiger charge is 2.13. The van der Waals surface area contributed by atoms with E-state index in [1.165, 1.54) is 12.1 Å². The van der Waals surface area contributed by atoms with E-state index in [-0.39, 0.29) is 22.6 Å². The molecule has 1 amide bonds. The second kappa shape index (κ2) is 6.98. The number of nitrogens with one attached hydrogen (secondary N) is 1. The van der Waals surface area contributed by atoms with Gasteiger partial charge in [-0.05, 0) is 54.8 Å². The molecule has 0 fully saturated rings. The van der Waals surface area contributed by atoms with Crippen molar-refractivity contribution in [2.24, 2.45) is 5.14 Å². The number of carbonyl (C=O) groups excluding carboxylic acids is 1. The van der Waals surface area contributed by atoms with Gasteiger partial charge in [-0.2, -0.15) is 0 Å². The molecule has 0 bridgehead atoms. The molecule has 27 heavy (non-hydrogen) atoms. The van der Waals surface area contributed by atoms with Gasteiger partial charge in [-0.1, -0.05) is 12.1 Å². The van der Waals surface area contributed by atoms with E-state index in [0.29, 0.717) is 16.5 Å². The molecule has 3 rings (SSSR count). The van der Waals surface area contributed by atoms with Gasteiger partial charge in [0, 0.05) is 12.6 Å². The summed E-state index contributed by atoms with van der Waals surface area (Å²) in [6.07, 6.45) is 0. The van der Waals surface area contributed by atoms with E-state index in [9.17, 15) is 18.0 Å². The molecule has 0 aliphatic heterocycles. The van der Waals surface area contributed by atoms with Gasteiger partial charge >= 0.3 is 0 Å². The quantitative estimate of drug-likeness (QED) is 0.710. The number of carbonyl (C=O) groups is 1. The van der Waals surface area contributed by atoms with Crippen molar-refractivity contribution in [3.63, 3.8) is 0 Å². The van der Waals surface area contributed by atoms with Gasteiger partial charge in [0.2, 0.25) is 10.0 Å². The summed E-state index contributed by atoms with van der Waals surface area (Å²) in [6.45, 7) is 3.93. The Kier molecular flexibility index (Phi) is 4.86. The molecule has 1 heterocycles. The number of sulfonamides is 1. The van der Waals surface area contributed by atoms with E-state index in [1.54, 1.807) is 24.3 Å². The number of rotatable bonds is 4. The van der Waals surface area contributed by atoms with Crippen molar-refractivity contribution in [3.05, 3.63) is 75.1 Å². The summed E-state index contributed by atoms with van der Waals surface area (Å²) in [6, 6.07) is 10.4. The molecular formula is C19H18N2O5S. The Morgan fingerprint density at radius 2 is 1.70 bits per heavy atom. The van der Waals surface area contributed by atoms with Crippen LogP contribution in [0.3, 0.4) is 0 Å². The van der Waals surface area contributed by atoms with Crippen LogP contribution in [-0.2, 0) is 16.6 Å². The van der Waals surface area contributed by atoms with Crippen LogP contribution in [0.25, 0.3) is 11.0 Å². The number of nitrogens with two attached hydrogens (primary N) is 1. The van der Waals surface area contributed by atoms with Crippen LogP contribution in [0.5, 0.6) is 0 Å². The van der Waals surface area contributed by atoms with Crippen molar-refractivity contribution >= 4 is 26.9 Å². The summed E-state index contributed by atoms with van der Waals surface area (Å²) in [7, 11) is -3.76. The topological polar surface area (TPSA) is 119 Å². The van der Waals surface area contributed by atoms with E-state index in [1.807, 2.05) is 13.8 Å². The van der Waals surface area contributed by atoms with Crippen LogP contribution in [0.1, 0.15) is 27.2 Å². The normalized spacial score (nSPS) is 11.5. The molecule has 2 aromatic carbocycles. The van der Waals surface area contributed by atoms with Gasteiger partial charge in [-0.25, -0.2) is 13.6 Å². The molecule has 3 aromatic rings. The highest BCUT2D eigenvalue weighted by Crippen LogP contribution is 2.18. The van der Waals surface area contributed by atoms with Crippen molar-refractivity contribution in [2.45, 2.75) is 25.3 Å². The molecule has 0 aliphatic carbocycles. The Balaban J connectivity index is 1.80. The molecule has 0 saturated heterocycles. The number of benzene rings is 2. The molecule has 0 spiro atoms. The lowest BCUT2D eigenvalue weighted by Crippen LogP contribution is -2.24. The smallest absolute Gasteiger partial charge is 0.287 e. The molecule has 1 aromatic heterocycles. The van der Waals surface area contributed by atoms with Gasteiger partial charge in [0.15, 0.2) is 11.2 Å². The second-order valence-electron chi connectivity index (χ2n) is 6.28. The minimum atomic E-state index is -3.76. The fraction of sp³-hybridized carbons (Fsp3) is 0.158. The number of hydrogen-bond acceptors (Lipinski definition) is 5. The van der Waals surface area contributed by atoms with Crippen LogP contribution < -0.4 is 15.9 Å². The van der Waals surface area contributed by atoms with Crippen molar-refractivity contribution in [3.8, 4) is 0 Å². The minimum absolute atomic E-state index is 0.0104. The third kappa shape index (κ3) is 4.07. The Morgan fingerprint density at radius 1 is 1.07 bits per heavy atom. The van der Waals surface area contributed by atoms with Gasteiger partial charge in [-0.15, -0.1) is 0 Å². The second-order valence-corrected chi connectivity index (χ2v) is 7.84. The van der Waals surface area contributed by atoms with Crippen LogP contribution in [0.15, 0.2) is 56.6 Å². The first kappa shape index (κ1) is 18.8. The van der Waals surface area contributed by atoms with Crippen LogP contribution >= 0.6 is 0 Å². The summed E-state index contributed by atoms with van der Waals surface area (Å²) < 4.78 is 28.1. The average Bonchev–Trinajstić information content (AvgIpc) is 2.61. The third-order valence-electron chi connectivity index (χ3n) is 4.27. The predicted octanol–water partition coefficient (Wildman–Crippen LogP) is 1.99. The minimum Gasteiger partial charge on any atom is -0.451 e. The van der Waals surface area contributed by atoms with E-state index < -0.39 is 15.9 Å². The Bertz CT molecular complexity index is 1200. The van der Waals surface area contributed by atoms with Gasteiger partial charge in [0.1, 0.15) is 5.58 Å². The largest absolute Gasteiger partial charge is 0.451 e. The zero-order valence-electron chi connectivity index (χ0n) is 14.8. The van der Waals surface area contributed by atoms with E-state index in [0.717, 1.165) is 17.2 Å². The first-order valence-electron chi connectivity index (χ1n) is 8.10. The zero-order chi connectivity index (χ0) is 19.8. The maximum absolute atomic E-state index is 12.3.